The number of hydrogen-bond acceptors (Lipinski definition) is 1. The fourth-order valence-electron chi connectivity index (χ4n) is 2.63. The molecular weight excluding hydrogens is 232 g/mol. The first kappa shape index (κ1) is 13.4. The highest BCUT2D eigenvalue weighted by Gasteiger charge is 2.35. The van der Waals surface area contributed by atoms with Gasteiger partial charge in [-0.05, 0) is 30.9 Å². The highest BCUT2D eigenvalue weighted by Crippen LogP contribution is 2.38. The van der Waals surface area contributed by atoms with Gasteiger partial charge in [-0.1, -0.05) is 55.0 Å². The van der Waals surface area contributed by atoms with Crippen LogP contribution in [0.25, 0.3) is 0 Å². The highest BCUT2D eigenvalue weighted by molar-refractivity contribution is 5.54. The molecule has 1 aliphatic rings. The number of allylic oxidation sites excluding steroid dienone is 3. The summed E-state index contributed by atoms with van der Waals surface area (Å²) in [6.07, 6.45) is 12.9. The molecule has 0 aliphatic heterocycles. The fourth-order valence-corrected chi connectivity index (χ4v) is 2.63. The summed E-state index contributed by atoms with van der Waals surface area (Å²) in [6, 6.07) is 7.82. The fraction of sp³-hybridized carbons (Fsp3) is 0.222. The maximum absolute atomic E-state index is 11.0. The standard InChI is InChI=1S/C18H18O/c1-4-9-16-14(5-2)12-13-15-10-7-8-11-17(15)18(16,19)6-3/h3-5,7-11,19H,2,12-13H2,1H3/b9-4-. The Bertz CT molecular complexity index is 598. The van der Waals surface area contributed by atoms with Crippen LogP contribution in [-0.2, 0) is 12.0 Å². The van der Waals surface area contributed by atoms with E-state index in [9.17, 15) is 5.11 Å². The van der Waals surface area contributed by atoms with Gasteiger partial charge < -0.3 is 5.11 Å². The Morgan fingerprint density at radius 2 is 2.11 bits per heavy atom. The Hall–Kier alpha value is -2.04. The van der Waals surface area contributed by atoms with Crippen molar-refractivity contribution in [3.63, 3.8) is 0 Å². The van der Waals surface area contributed by atoms with Crippen molar-refractivity contribution in [1.29, 1.82) is 0 Å². The Labute approximate surface area is 115 Å². The molecule has 0 radical (unpaired) electrons. The minimum atomic E-state index is -1.37. The van der Waals surface area contributed by atoms with Gasteiger partial charge in [-0.3, -0.25) is 0 Å². The van der Waals surface area contributed by atoms with E-state index in [2.05, 4.69) is 12.5 Å². The summed E-state index contributed by atoms with van der Waals surface area (Å²) in [4.78, 5) is 0. The van der Waals surface area contributed by atoms with Crippen molar-refractivity contribution in [2.45, 2.75) is 25.4 Å². The Morgan fingerprint density at radius 1 is 1.37 bits per heavy atom. The normalized spacial score (nSPS) is 22.8. The first-order chi connectivity index (χ1) is 9.17. The van der Waals surface area contributed by atoms with Crippen LogP contribution >= 0.6 is 0 Å². The second kappa shape index (κ2) is 5.30. The van der Waals surface area contributed by atoms with Crippen LogP contribution in [0.15, 0.2) is 60.2 Å². The molecule has 0 heterocycles. The Morgan fingerprint density at radius 3 is 2.74 bits per heavy atom. The summed E-state index contributed by atoms with van der Waals surface area (Å²) < 4.78 is 0. The van der Waals surface area contributed by atoms with Crippen LogP contribution in [0, 0.1) is 12.3 Å². The largest absolute Gasteiger partial charge is 0.369 e. The van der Waals surface area contributed by atoms with E-state index in [0.29, 0.717) is 0 Å². The Balaban J connectivity index is 2.76. The predicted molar refractivity (Wildman–Crippen MR) is 79.5 cm³/mol. The number of fused-ring (bicyclic) bond motifs is 1. The van der Waals surface area contributed by atoms with Gasteiger partial charge in [0.05, 0.1) is 0 Å². The molecular formula is C18H18O. The van der Waals surface area contributed by atoms with Crippen molar-refractivity contribution in [2.24, 2.45) is 0 Å². The van der Waals surface area contributed by atoms with Gasteiger partial charge in [-0.25, -0.2) is 0 Å². The summed E-state index contributed by atoms with van der Waals surface area (Å²) in [7, 11) is 0. The van der Waals surface area contributed by atoms with Crippen LogP contribution in [0.1, 0.15) is 24.5 Å². The zero-order valence-corrected chi connectivity index (χ0v) is 11.2. The van der Waals surface area contributed by atoms with Crippen LogP contribution in [0.3, 0.4) is 0 Å². The zero-order chi connectivity index (χ0) is 13.9. The van der Waals surface area contributed by atoms with E-state index in [-0.39, 0.29) is 0 Å². The van der Waals surface area contributed by atoms with E-state index in [1.165, 1.54) is 0 Å². The highest BCUT2D eigenvalue weighted by atomic mass is 16.3. The lowest BCUT2D eigenvalue weighted by molar-refractivity contribution is 0.143. The summed E-state index contributed by atoms with van der Waals surface area (Å²) >= 11 is 0. The van der Waals surface area contributed by atoms with Crippen molar-refractivity contribution in [3.8, 4) is 12.3 Å². The van der Waals surface area contributed by atoms with Gasteiger partial charge in [0.25, 0.3) is 0 Å². The van der Waals surface area contributed by atoms with Gasteiger partial charge in [0.15, 0.2) is 5.60 Å². The third-order valence-electron chi connectivity index (χ3n) is 3.60. The number of hydrogen-bond donors (Lipinski definition) is 1. The van der Waals surface area contributed by atoms with Crippen LogP contribution in [-0.4, -0.2) is 5.11 Å². The lowest BCUT2D eigenvalue weighted by Crippen LogP contribution is -2.26. The molecule has 1 aromatic carbocycles. The quantitative estimate of drug-likeness (QED) is 0.796. The second-order valence-corrected chi connectivity index (χ2v) is 4.65. The van der Waals surface area contributed by atoms with E-state index in [1.54, 1.807) is 6.08 Å². The molecule has 1 atom stereocenters. The number of rotatable bonds is 2. The van der Waals surface area contributed by atoms with Gasteiger partial charge in [-0.2, -0.15) is 0 Å². The molecule has 0 spiro atoms. The second-order valence-electron chi connectivity index (χ2n) is 4.65. The van der Waals surface area contributed by atoms with Crippen molar-refractivity contribution < 1.29 is 5.11 Å². The van der Waals surface area contributed by atoms with E-state index in [4.69, 9.17) is 6.42 Å². The van der Waals surface area contributed by atoms with Crippen molar-refractivity contribution >= 4 is 0 Å². The van der Waals surface area contributed by atoms with Crippen molar-refractivity contribution in [3.05, 3.63) is 71.3 Å². The Kier molecular flexibility index (Phi) is 3.74. The molecule has 0 saturated carbocycles. The summed E-state index contributed by atoms with van der Waals surface area (Å²) in [5.41, 5.74) is 2.31. The number of terminal acetylenes is 1. The third kappa shape index (κ3) is 2.16. The van der Waals surface area contributed by atoms with E-state index >= 15 is 0 Å². The maximum Gasteiger partial charge on any atom is 0.177 e. The van der Waals surface area contributed by atoms with Gasteiger partial charge in [0, 0.05) is 11.1 Å². The summed E-state index contributed by atoms with van der Waals surface area (Å²) in [5, 5.41) is 11.0. The molecule has 0 amide bonds. The van der Waals surface area contributed by atoms with Crippen LogP contribution in [0.2, 0.25) is 0 Å². The summed E-state index contributed by atoms with van der Waals surface area (Å²) in [5.74, 6) is 2.57. The molecule has 2 rings (SSSR count). The van der Waals surface area contributed by atoms with Gasteiger partial charge >= 0.3 is 0 Å². The first-order valence-corrected chi connectivity index (χ1v) is 6.44. The lowest BCUT2D eigenvalue weighted by Gasteiger charge is -2.26. The van der Waals surface area contributed by atoms with Gasteiger partial charge in [-0.15, -0.1) is 6.42 Å². The van der Waals surface area contributed by atoms with E-state index in [1.807, 2.05) is 43.3 Å². The molecule has 1 heteroatoms. The third-order valence-corrected chi connectivity index (χ3v) is 3.60. The molecule has 1 N–H and O–H groups in total. The average molecular weight is 250 g/mol. The SMILES string of the molecule is C#CC1(O)C(/C=C\C)=C(C=C)CCc2ccccc21. The molecule has 0 bridgehead atoms. The minimum Gasteiger partial charge on any atom is -0.369 e. The smallest absolute Gasteiger partial charge is 0.177 e. The molecule has 1 aliphatic carbocycles. The first-order valence-electron chi connectivity index (χ1n) is 6.44. The molecule has 1 nitrogen and oxygen atoms in total. The zero-order valence-electron chi connectivity index (χ0n) is 11.2. The van der Waals surface area contributed by atoms with Crippen molar-refractivity contribution in [1.82, 2.24) is 0 Å². The monoisotopic (exact) mass is 250 g/mol. The van der Waals surface area contributed by atoms with Crippen LogP contribution < -0.4 is 0 Å². The van der Waals surface area contributed by atoms with E-state index < -0.39 is 5.60 Å². The molecule has 1 aromatic rings. The lowest BCUT2D eigenvalue weighted by atomic mass is 9.83. The van der Waals surface area contributed by atoms with Crippen LogP contribution in [0.4, 0.5) is 0 Å². The van der Waals surface area contributed by atoms with E-state index in [0.717, 1.165) is 35.1 Å². The van der Waals surface area contributed by atoms with Crippen LogP contribution in [0.5, 0.6) is 0 Å². The minimum absolute atomic E-state index is 0.762. The molecule has 0 saturated heterocycles. The van der Waals surface area contributed by atoms with Gasteiger partial charge in [0.2, 0.25) is 0 Å². The van der Waals surface area contributed by atoms with Crippen molar-refractivity contribution in [2.75, 3.05) is 0 Å². The topological polar surface area (TPSA) is 20.2 Å². The number of aliphatic hydroxyl groups is 1. The molecule has 1 unspecified atom stereocenters. The number of aryl methyl sites for hydroxylation is 1. The maximum atomic E-state index is 11.0. The molecule has 0 fully saturated rings. The predicted octanol–water partition coefficient (Wildman–Crippen LogP) is 3.51. The summed E-state index contributed by atoms with van der Waals surface area (Å²) in [6.45, 7) is 5.77. The number of benzene rings is 1. The van der Waals surface area contributed by atoms with Gasteiger partial charge in [0.1, 0.15) is 0 Å². The average Bonchev–Trinajstić information content (AvgIpc) is 2.57. The molecule has 96 valence electrons. The molecule has 19 heavy (non-hydrogen) atoms. The molecule has 0 aromatic heterocycles.